The van der Waals surface area contributed by atoms with Crippen LogP contribution in [-0.4, -0.2) is 13.1 Å². The molecule has 0 aromatic heterocycles. The molecular formula is C17H35N. The quantitative estimate of drug-likeness (QED) is 0.577. The summed E-state index contributed by atoms with van der Waals surface area (Å²) >= 11 is 0. The highest BCUT2D eigenvalue weighted by Gasteiger charge is 2.37. The molecule has 0 aromatic carbocycles. The molecule has 0 radical (unpaired) electrons. The van der Waals surface area contributed by atoms with Gasteiger partial charge in [0.1, 0.15) is 0 Å². The molecule has 0 aliphatic heterocycles. The number of hydrogen-bond donors (Lipinski definition) is 1. The van der Waals surface area contributed by atoms with Crippen molar-refractivity contribution in [2.24, 2.45) is 17.3 Å². The molecule has 0 spiro atoms. The van der Waals surface area contributed by atoms with E-state index >= 15 is 0 Å². The minimum absolute atomic E-state index is 0.670. The van der Waals surface area contributed by atoms with Gasteiger partial charge in [-0.25, -0.2) is 0 Å². The van der Waals surface area contributed by atoms with Crippen LogP contribution in [0.3, 0.4) is 0 Å². The molecule has 1 nitrogen and oxygen atoms in total. The van der Waals surface area contributed by atoms with Gasteiger partial charge in [0.15, 0.2) is 0 Å². The average molecular weight is 253 g/mol. The fraction of sp³-hybridized carbons (Fsp3) is 1.00. The largest absolute Gasteiger partial charge is 0.316 e. The summed E-state index contributed by atoms with van der Waals surface area (Å²) in [5.74, 6) is 1.76. The first-order valence-electron chi connectivity index (χ1n) is 8.32. The molecule has 1 aliphatic carbocycles. The lowest BCUT2D eigenvalue weighted by atomic mass is 9.63. The van der Waals surface area contributed by atoms with Crippen molar-refractivity contribution in [3.05, 3.63) is 0 Å². The second-order valence-electron chi connectivity index (χ2n) is 7.00. The van der Waals surface area contributed by atoms with E-state index in [2.05, 4.69) is 33.0 Å². The Hall–Kier alpha value is -0.0400. The normalized spacial score (nSPS) is 19.8. The Labute approximate surface area is 115 Å². The van der Waals surface area contributed by atoms with Crippen LogP contribution in [0.25, 0.3) is 0 Å². The molecule has 0 saturated heterocycles. The zero-order valence-corrected chi connectivity index (χ0v) is 13.2. The maximum absolute atomic E-state index is 3.71. The molecule has 1 fully saturated rings. The Kier molecular flexibility index (Phi) is 7.29. The standard InChI is InChI=1S/C17H35N/c1-5-7-9-16(6-2)12-17(10-8-11-17)14-18-13-15(3)4/h15-16,18H,5-14H2,1-4H3. The molecule has 0 bridgehead atoms. The summed E-state index contributed by atoms with van der Waals surface area (Å²) < 4.78 is 0. The van der Waals surface area contributed by atoms with E-state index in [1.165, 1.54) is 64.5 Å². The minimum Gasteiger partial charge on any atom is -0.316 e. The summed E-state index contributed by atoms with van der Waals surface area (Å²) in [5.41, 5.74) is 0.670. The zero-order chi connectivity index (χ0) is 13.4. The van der Waals surface area contributed by atoms with Crippen molar-refractivity contribution in [2.45, 2.75) is 79.1 Å². The topological polar surface area (TPSA) is 12.0 Å². The van der Waals surface area contributed by atoms with Gasteiger partial charge >= 0.3 is 0 Å². The molecular weight excluding hydrogens is 218 g/mol. The van der Waals surface area contributed by atoms with Crippen molar-refractivity contribution in [2.75, 3.05) is 13.1 Å². The van der Waals surface area contributed by atoms with E-state index in [1.54, 1.807) is 0 Å². The smallest absolute Gasteiger partial charge is 0.000802 e. The van der Waals surface area contributed by atoms with Crippen LogP contribution in [0.4, 0.5) is 0 Å². The van der Waals surface area contributed by atoms with E-state index in [0.29, 0.717) is 5.41 Å². The van der Waals surface area contributed by atoms with Crippen molar-refractivity contribution in [3.8, 4) is 0 Å². The van der Waals surface area contributed by atoms with Crippen molar-refractivity contribution >= 4 is 0 Å². The van der Waals surface area contributed by atoms with Gasteiger partial charge in [0, 0.05) is 6.54 Å². The zero-order valence-electron chi connectivity index (χ0n) is 13.2. The first-order chi connectivity index (χ1) is 8.62. The highest BCUT2D eigenvalue weighted by atomic mass is 14.9. The van der Waals surface area contributed by atoms with Gasteiger partial charge in [-0.1, -0.05) is 59.8 Å². The molecule has 1 rings (SSSR count). The van der Waals surface area contributed by atoms with Crippen LogP contribution in [0.2, 0.25) is 0 Å². The predicted octanol–water partition coefficient (Wildman–Crippen LogP) is 5.01. The molecule has 1 saturated carbocycles. The van der Waals surface area contributed by atoms with Gasteiger partial charge < -0.3 is 5.32 Å². The number of hydrogen-bond acceptors (Lipinski definition) is 1. The second kappa shape index (κ2) is 8.19. The lowest BCUT2D eigenvalue weighted by Crippen LogP contribution is -2.42. The summed E-state index contributed by atoms with van der Waals surface area (Å²) in [4.78, 5) is 0. The van der Waals surface area contributed by atoms with E-state index in [4.69, 9.17) is 0 Å². The third-order valence-electron chi connectivity index (χ3n) is 4.73. The summed E-state index contributed by atoms with van der Waals surface area (Å²) in [6.45, 7) is 11.8. The second-order valence-corrected chi connectivity index (χ2v) is 7.00. The molecule has 0 amide bonds. The predicted molar refractivity (Wildman–Crippen MR) is 81.9 cm³/mol. The lowest BCUT2D eigenvalue weighted by Gasteiger charge is -2.44. The van der Waals surface area contributed by atoms with Crippen molar-refractivity contribution in [1.29, 1.82) is 0 Å². The van der Waals surface area contributed by atoms with Gasteiger partial charge in [0.05, 0.1) is 0 Å². The SMILES string of the molecule is CCCCC(CC)CC1(CNCC(C)C)CCC1. The maximum Gasteiger partial charge on any atom is 0.000802 e. The summed E-state index contributed by atoms with van der Waals surface area (Å²) in [7, 11) is 0. The van der Waals surface area contributed by atoms with E-state index in [9.17, 15) is 0 Å². The van der Waals surface area contributed by atoms with Crippen LogP contribution >= 0.6 is 0 Å². The lowest BCUT2D eigenvalue weighted by molar-refractivity contribution is 0.0860. The average Bonchev–Trinajstić information content (AvgIpc) is 2.29. The van der Waals surface area contributed by atoms with Crippen LogP contribution < -0.4 is 5.32 Å². The third kappa shape index (κ3) is 5.30. The number of rotatable bonds is 10. The molecule has 1 unspecified atom stereocenters. The fourth-order valence-electron chi connectivity index (χ4n) is 3.31. The van der Waals surface area contributed by atoms with Gasteiger partial charge in [-0.3, -0.25) is 0 Å². The molecule has 1 N–H and O–H groups in total. The van der Waals surface area contributed by atoms with Crippen LogP contribution in [-0.2, 0) is 0 Å². The Bertz CT molecular complexity index is 206. The number of nitrogens with one attached hydrogen (secondary N) is 1. The fourth-order valence-corrected chi connectivity index (χ4v) is 3.31. The molecule has 0 heterocycles. The first-order valence-corrected chi connectivity index (χ1v) is 8.32. The molecule has 0 aromatic rings. The number of unbranched alkanes of at least 4 members (excludes halogenated alkanes) is 1. The monoisotopic (exact) mass is 253 g/mol. The molecule has 108 valence electrons. The molecule has 1 heteroatoms. The van der Waals surface area contributed by atoms with E-state index < -0.39 is 0 Å². The van der Waals surface area contributed by atoms with Gasteiger partial charge in [-0.15, -0.1) is 0 Å². The van der Waals surface area contributed by atoms with E-state index in [-0.39, 0.29) is 0 Å². The highest BCUT2D eigenvalue weighted by Crippen LogP contribution is 2.46. The van der Waals surface area contributed by atoms with Crippen LogP contribution in [0.5, 0.6) is 0 Å². The van der Waals surface area contributed by atoms with Crippen LogP contribution in [0.1, 0.15) is 79.1 Å². The van der Waals surface area contributed by atoms with E-state index in [1.807, 2.05) is 0 Å². The van der Waals surface area contributed by atoms with Gasteiger partial charge in [-0.2, -0.15) is 0 Å². The Balaban J connectivity index is 2.33. The molecule has 1 atom stereocenters. The van der Waals surface area contributed by atoms with Crippen molar-refractivity contribution in [1.82, 2.24) is 5.32 Å². The minimum atomic E-state index is 0.670. The van der Waals surface area contributed by atoms with Crippen LogP contribution in [0.15, 0.2) is 0 Å². The van der Waals surface area contributed by atoms with Gasteiger partial charge in [0.2, 0.25) is 0 Å². The first kappa shape index (κ1) is 16.0. The van der Waals surface area contributed by atoms with Crippen LogP contribution in [0, 0.1) is 17.3 Å². The molecule has 1 aliphatic rings. The summed E-state index contributed by atoms with van der Waals surface area (Å²) in [6, 6.07) is 0. The Morgan fingerprint density at radius 1 is 1.17 bits per heavy atom. The van der Waals surface area contributed by atoms with E-state index in [0.717, 1.165) is 11.8 Å². The van der Waals surface area contributed by atoms with Gasteiger partial charge in [0.25, 0.3) is 0 Å². The maximum atomic E-state index is 3.71. The third-order valence-corrected chi connectivity index (χ3v) is 4.73. The van der Waals surface area contributed by atoms with Crippen molar-refractivity contribution in [3.63, 3.8) is 0 Å². The Morgan fingerprint density at radius 2 is 1.89 bits per heavy atom. The highest BCUT2D eigenvalue weighted by molar-refractivity contribution is 4.91. The summed E-state index contributed by atoms with van der Waals surface area (Å²) in [6.07, 6.45) is 11.5. The Morgan fingerprint density at radius 3 is 2.33 bits per heavy atom. The van der Waals surface area contributed by atoms with Gasteiger partial charge in [-0.05, 0) is 43.1 Å². The molecule has 18 heavy (non-hydrogen) atoms. The van der Waals surface area contributed by atoms with Crippen molar-refractivity contribution < 1.29 is 0 Å². The summed E-state index contributed by atoms with van der Waals surface area (Å²) in [5, 5.41) is 3.71.